The largest absolute Gasteiger partial charge is 0.439 e. The van der Waals surface area contributed by atoms with E-state index in [-0.39, 0.29) is 0 Å². The third-order valence-electron chi connectivity index (χ3n) is 3.49. The minimum atomic E-state index is 0.348. The lowest BCUT2D eigenvalue weighted by molar-refractivity contribution is 0.451. The first kappa shape index (κ1) is 15.4. The van der Waals surface area contributed by atoms with Crippen molar-refractivity contribution in [1.82, 2.24) is 4.98 Å². The molecule has 0 fully saturated rings. The fourth-order valence-corrected chi connectivity index (χ4v) is 2.26. The highest BCUT2D eigenvalue weighted by Crippen LogP contribution is 2.31. The van der Waals surface area contributed by atoms with Gasteiger partial charge in [0.2, 0.25) is 5.88 Å². The maximum absolute atomic E-state index is 5.98. The van der Waals surface area contributed by atoms with Crippen LogP contribution in [0.2, 0.25) is 0 Å². The molecule has 1 heterocycles. The number of rotatable bonds is 5. The van der Waals surface area contributed by atoms with Gasteiger partial charge in [0.05, 0.1) is 0 Å². The zero-order valence-electron chi connectivity index (χ0n) is 12.6. The Hall–Kier alpha value is -1.94. The second-order valence-corrected chi connectivity index (χ2v) is 5.59. The number of pyridine rings is 1. The van der Waals surface area contributed by atoms with Gasteiger partial charge in [-0.15, -0.1) is 0 Å². The van der Waals surface area contributed by atoms with E-state index < -0.39 is 0 Å². The lowest BCUT2D eigenvalue weighted by Crippen LogP contribution is -2.10. The Morgan fingerprint density at radius 1 is 1.33 bits per heavy atom. The summed E-state index contributed by atoms with van der Waals surface area (Å²) < 4.78 is 5.98. The third-order valence-corrected chi connectivity index (χ3v) is 3.73. The minimum absolute atomic E-state index is 0.348. The number of aryl methyl sites for hydroxylation is 1. The van der Waals surface area contributed by atoms with Crippen LogP contribution in [0.1, 0.15) is 43.0 Å². The number of ether oxygens (including phenoxy) is 1. The molecule has 3 nitrogen and oxygen atoms in total. The van der Waals surface area contributed by atoms with Crippen molar-refractivity contribution in [3.63, 3.8) is 0 Å². The summed E-state index contributed by atoms with van der Waals surface area (Å²) in [6.45, 7) is 6.25. The Kier molecular flexibility index (Phi) is 4.91. The SMILES string of the molecule is CCC(C)c1ccccc1Oc1cc(C(N)=S)cc(C)n1. The first-order valence-electron chi connectivity index (χ1n) is 7.06. The molecule has 0 saturated carbocycles. The molecule has 0 aliphatic carbocycles. The summed E-state index contributed by atoms with van der Waals surface area (Å²) in [5, 5.41) is 0. The van der Waals surface area contributed by atoms with Gasteiger partial charge in [-0.25, -0.2) is 4.98 Å². The van der Waals surface area contributed by atoms with Crippen molar-refractivity contribution in [2.75, 3.05) is 0 Å². The van der Waals surface area contributed by atoms with Crippen LogP contribution < -0.4 is 10.5 Å². The van der Waals surface area contributed by atoms with E-state index in [1.165, 1.54) is 5.56 Å². The molecule has 0 amide bonds. The summed E-state index contributed by atoms with van der Waals surface area (Å²) in [6.07, 6.45) is 1.06. The number of thiocarbonyl (C=S) groups is 1. The molecule has 0 saturated heterocycles. The van der Waals surface area contributed by atoms with Gasteiger partial charge >= 0.3 is 0 Å². The lowest BCUT2D eigenvalue weighted by atomic mass is 9.98. The Bertz CT molecular complexity index is 655. The van der Waals surface area contributed by atoms with Gasteiger partial charge < -0.3 is 10.5 Å². The van der Waals surface area contributed by atoms with Crippen molar-refractivity contribution in [3.05, 3.63) is 53.2 Å². The Morgan fingerprint density at radius 3 is 2.71 bits per heavy atom. The van der Waals surface area contributed by atoms with E-state index in [0.29, 0.717) is 16.8 Å². The summed E-state index contributed by atoms with van der Waals surface area (Å²) in [6, 6.07) is 11.7. The van der Waals surface area contributed by atoms with Crippen molar-refractivity contribution in [2.45, 2.75) is 33.1 Å². The molecular formula is C17H20N2OS. The van der Waals surface area contributed by atoms with Crippen molar-refractivity contribution < 1.29 is 4.74 Å². The van der Waals surface area contributed by atoms with Gasteiger partial charge in [-0.05, 0) is 37.0 Å². The van der Waals surface area contributed by atoms with Crippen LogP contribution in [0.15, 0.2) is 36.4 Å². The highest BCUT2D eigenvalue weighted by molar-refractivity contribution is 7.80. The summed E-state index contributed by atoms with van der Waals surface area (Å²) in [7, 11) is 0. The van der Waals surface area contributed by atoms with Crippen LogP contribution in [0.4, 0.5) is 0 Å². The van der Waals surface area contributed by atoms with Gasteiger partial charge in [0.25, 0.3) is 0 Å². The molecule has 1 aromatic heterocycles. The average Bonchev–Trinajstić information content (AvgIpc) is 2.46. The van der Waals surface area contributed by atoms with Crippen LogP contribution >= 0.6 is 12.2 Å². The zero-order valence-corrected chi connectivity index (χ0v) is 13.4. The molecule has 2 rings (SSSR count). The first-order chi connectivity index (χ1) is 10.0. The van der Waals surface area contributed by atoms with Gasteiger partial charge in [-0.2, -0.15) is 0 Å². The highest BCUT2D eigenvalue weighted by atomic mass is 32.1. The quantitative estimate of drug-likeness (QED) is 0.835. The third kappa shape index (κ3) is 3.79. The van der Waals surface area contributed by atoms with Gasteiger partial charge in [-0.3, -0.25) is 0 Å². The average molecular weight is 300 g/mol. The number of nitrogens with zero attached hydrogens (tertiary/aromatic N) is 1. The number of benzene rings is 1. The van der Waals surface area contributed by atoms with Crippen LogP contribution in [0.3, 0.4) is 0 Å². The Labute approximate surface area is 131 Å². The van der Waals surface area contributed by atoms with Gasteiger partial charge in [0.1, 0.15) is 10.7 Å². The number of aromatic nitrogens is 1. The zero-order chi connectivity index (χ0) is 15.4. The standard InChI is InChI=1S/C17H20N2OS/c1-4-11(2)14-7-5-6-8-15(14)20-16-10-13(17(18)21)9-12(3)19-16/h5-11H,4H2,1-3H3,(H2,18,21). The molecule has 0 aliphatic heterocycles. The second kappa shape index (κ2) is 6.68. The van der Waals surface area contributed by atoms with E-state index in [1.807, 2.05) is 31.2 Å². The molecular weight excluding hydrogens is 280 g/mol. The molecule has 21 heavy (non-hydrogen) atoms. The molecule has 0 aliphatic rings. The lowest BCUT2D eigenvalue weighted by Gasteiger charge is -2.15. The highest BCUT2D eigenvalue weighted by Gasteiger charge is 2.12. The fraction of sp³-hybridized carbons (Fsp3) is 0.294. The molecule has 0 radical (unpaired) electrons. The fourth-order valence-electron chi connectivity index (χ4n) is 2.15. The molecule has 4 heteroatoms. The van der Waals surface area contributed by atoms with Gasteiger partial charge in [0, 0.05) is 17.3 Å². The van der Waals surface area contributed by atoms with Crippen LogP contribution in [0.25, 0.3) is 0 Å². The molecule has 0 spiro atoms. The van der Waals surface area contributed by atoms with Gasteiger partial charge in [-0.1, -0.05) is 44.3 Å². The monoisotopic (exact) mass is 300 g/mol. The van der Waals surface area contributed by atoms with Crippen molar-refractivity contribution >= 4 is 17.2 Å². The van der Waals surface area contributed by atoms with E-state index in [1.54, 1.807) is 6.07 Å². The predicted molar refractivity (Wildman–Crippen MR) is 90.1 cm³/mol. The molecule has 1 aromatic carbocycles. The minimum Gasteiger partial charge on any atom is -0.439 e. The van der Waals surface area contributed by atoms with Crippen LogP contribution in [0.5, 0.6) is 11.6 Å². The number of hydrogen-bond donors (Lipinski definition) is 1. The van der Waals surface area contributed by atoms with Crippen LogP contribution in [-0.4, -0.2) is 9.97 Å². The molecule has 2 aromatic rings. The van der Waals surface area contributed by atoms with Crippen LogP contribution in [-0.2, 0) is 0 Å². The van der Waals surface area contributed by atoms with Crippen LogP contribution in [0, 0.1) is 6.92 Å². The number of hydrogen-bond acceptors (Lipinski definition) is 3. The second-order valence-electron chi connectivity index (χ2n) is 5.15. The number of para-hydroxylation sites is 1. The summed E-state index contributed by atoms with van der Waals surface area (Å²) in [4.78, 5) is 4.75. The Morgan fingerprint density at radius 2 is 2.05 bits per heavy atom. The molecule has 0 bridgehead atoms. The van der Waals surface area contributed by atoms with E-state index in [0.717, 1.165) is 23.4 Å². The summed E-state index contributed by atoms with van der Waals surface area (Å²) >= 11 is 5.03. The van der Waals surface area contributed by atoms with E-state index in [9.17, 15) is 0 Å². The summed E-state index contributed by atoms with van der Waals surface area (Å²) in [5.74, 6) is 1.79. The molecule has 2 N–H and O–H groups in total. The van der Waals surface area contributed by atoms with Crippen molar-refractivity contribution in [3.8, 4) is 11.6 Å². The molecule has 1 atom stereocenters. The molecule has 1 unspecified atom stereocenters. The van der Waals surface area contributed by atoms with E-state index in [2.05, 4.69) is 24.9 Å². The van der Waals surface area contributed by atoms with Gasteiger partial charge in [0.15, 0.2) is 0 Å². The molecule has 110 valence electrons. The van der Waals surface area contributed by atoms with Crippen molar-refractivity contribution in [1.29, 1.82) is 0 Å². The van der Waals surface area contributed by atoms with E-state index >= 15 is 0 Å². The first-order valence-corrected chi connectivity index (χ1v) is 7.47. The van der Waals surface area contributed by atoms with E-state index in [4.69, 9.17) is 22.7 Å². The maximum atomic E-state index is 5.98. The smallest absolute Gasteiger partial charge is 0.220 e. The topological polar surface area (TPSA) is 48.1 Å². The predicted octanol–water partition coefficient (Wildman–Crippen LogP) is 4.33. The normalized spacial score (nSPS) is 12.0. The maximum Gasteiger partial charge on any atom is 0.220 e. The summed E-state index contributed by atoms with van der Waals surface area (Å²) in [5.41, 5.74) is 8.48. The Balaban J connectivity index is 2.36. The number of nitrogens with two attached hydrogens (primary N) is 1. The van der Waals surface area contributed by atoms with Crippen molar-refractivity contribution in [2.24, 2.45) is 5.73 Å².